The van der Waals surface area contributed by atoms with Gasteiger partial charge in [-0.25, -0.2) is 4.79 Å². The minimum atomic E-state index is -0.447. The van der Waals surface area contributed by atoms with Crippen molar-refractivity contribution < 1.29 is 33.2 Å². The second-order valence-corrected chi connectivity index (χ2v) is 4.92. The van der Waals surface area contributed by atoms with Gasteiger partial charge >= 0.3 is 5.97 Å². The van der Waals surface area contributed by atoms with Crippen LogP contribution >= 0.6 is 15.9 Å². The SMILES string of the molecule is C=CC(=O)OCCOCCOCCOCCOCCOCCBr. The Morgan fingerprint density at radius 2 is 1.04 bits per heavy atom. The summed E-state index contributed by atoms with van der Waals surface area (Å²) in [6.45, 7) is 8.74. The van der Waals surface area contributed by atoms with Gasteiger partial charge in [-0.15, -0.1) is 0 Å². The molecule has 23 heavy (non-hydrogen) atoms. The van der Waals surface area contributed by atoms with Gasteiger partial charge in [0, 0.05) is 11.4 Å². The molecule has 0 aliphatic heterocycles. The summed E-state index contributed by atoms with van der Waals surface area (Å²) >= 11 is 3.28. The molecule has 0 saturated carbocycles. The fourth-order valence-corrected chi connectivity index (χ4v) is 1.53. The van der Waals surface area contributed by atoms with Crippen LogP contribution in [0.4, 0.5) is 0 Å². The minimum absolute atomic E-state index is 0.217. The van der Waals surface area contributed by atoms with E-state index in [0.717, 1.165) is 11.4 Å². The lowest BCUT2D eigenvalue weighted by atomic mass is 10.6. The van der Waals surface area contributed by atoms with Crippen molar-refractivity contribution in [3.05, 3.63) is 12.7 Å². The number of ether oxygens (including phenoxy) is 6. The van der Waals surface area contributed by atoms with E-state index >= 15 is 0 Å². The molecule has 0 radical (unpaired) electrons. The number of alkyl halides is 1. The molecular formula is C15H27BrO7. The van der Waals surface area contributed by atoms with Crippen LogP contribution in [0.25, 0.3) is 0 Å². The highest BCUT2D eigenvalue weighted by atomic mass is 79.9. The van der Waals surface area contributed by atoms with Crippen LogP contribution in [0, 0.1) is 0 Å². The third-order valence-corrected chi connectivity index (χ3v) is 2.67. The highest BCUT2D eigenvalue weighted by Gasteiger charge is 1.95. The molecule has 0 amide bonds. The molecule has 0 fully saturated rings. The Kier molecular flexibility index (Phi) is 19.1. The molecule has 0 aliphatic rings. The maximum Gasteiger partial charge on any atom is 0.330 e. The highest BCUT2D eigenvalue weighted by molar-refractivity contribution is 9.09. The minimum Gasteiger partial charge on any atom is -0.460 e. The van der Waals surface area contributed by atoms with Gasteiger partial charge in [-0.1, -0.05) is 22.5 Å². The standard InChI is InChI=1S/C15H27BrO7/c1-2-15(17)23-14-13-22-12-11-21-10-9-20-8-7-19-6-5-18-4-3-16/h2H,1,3-14H2. The van der Waals surface area contributed by atoms with Crippen molar-refractivity contribution in [2.45, 2.75) is 0 Å². The highest BCUT2D eigenvalue weighted by Crippen LogP contribution is 1.86. The largest absolute Gasteiger partial charge is 0.460 e. The molecule has 0 heterocycles. The summed E-state index contributed by atoms with van der Waals surface area (Å²) in [4.78, 5) is 10.7. The first-order valence-corrected chi connectivity index (χ1v) is 8.67. The van der Waals surface area contributed by atoms with Crippen molar-refractivity contribution in [1.29, 1.82) is 0 Å². The summed E-state index contributed by atoms with van der Waals surface area (Å²) in [6.07, 6.45) is 1.12. The lowest BCUT2D eigenvalue weighted by Gasteiger charge is -2.07. The van der Waals surface area contributed by atoms with Crippen LogP contribution in [0.15, 0.2) is 12.7 Å². The van der Waals surface area contributed by atoms with Gasteiger partial charge in [0.15, 0.2) is 0 Å². The van der Waals surface area contributed by atoms with Crippen molar-refractivity contribution in [3.63, 3.8) is 0 Å². The molecule has 0 saturated heterocycles. The zero-order valence-corrected chi connectivity index (χ0v) is 15.1. The third-order valence-electron chi connectivity index (χ3n) is 2.35. The summed E-state index contributed by atoms with van der Waals surface area (Å²) in [5.74, 6) is -0.447. The number of hydrogen-bond acceptors (Lipinski definition) is 7. The van der Waals surface area contributed by atoms with Crippen LogP contribution < -0.4 is 0 Å². The Morgan fingerprint density at radius 3 is 1.39 bits per heavy atom. The van der Waals surface area contributed by atoms with E-state index < -0.39 is 5.97 Å². The third kappa shape index (κ3) is 19.4. The molecule has 7 nitrogen and oxygen atoms in total. The van der Waals surface area contributed by atoms with E-state index in [-0.39, 0.29) is 6.61 Å². The Hall–Kier alpha value is -0.510. The summed E-state index contributed by atoms with van der Waals surface area (Å²) in [5.41, 5.74) is 0. The van der Waals surface area contributed by atoms with E-state index in [1.807, 2.05) is 0 Å². The smallest absolute Gasteiger partial charge is 0.330 e. The predicted molar refractivity (Wildman–Crippen MR) is 89.0 cm³/mol. The quantitative estimate of drug-likeness (QED) is 0.148. The van der Waals surface area contributed by atoms with E-state index in [1.54, 1.807) is 0 Å². The second-order valence-electron chi connectivity index (χ2n) is 4.12. The first kappa shape index (κ1) is 22.5. The second kappa shape index (κ2) is 19.5. The summed E-state index contributed by atoms with van der Waals surface area (Å²) in [6, 6.07) is 0. The Bertz CT molecular complexity index is 277. The average molecular weight is 399 g/mol. The topological polar surface area (TPSA) is 72.5 Å². The van der Waals surface area contributed by atoms with Gasteiger partial charge < -0.3 is 28.4 Å². The first-order valence-electron chi connectivity index (χ1n) is 7.55. The Morgan fingerprint density at radius 1 is 0.696 bits per heavy atom. The number of carbonyl (C=O) groups excluding carboxylic acids is 1. The number of halogens is 1. The lowest BCUT2D eigenvalue weighted by Crippen LogP contribution is -2.14. The molecular weight excluding hydrogens is 372 g/mol. The molecule has 0 bridgehead atoms. The van der Waals surface area contributed by atoms with Gasteiger partial charge in [0.1, 0.15) is 6.61 Å². The van der Waals surface area contributed by atoms with Crippen molar-refractivity contribution in [2.75, 3.05) is 78.0 Å². The van der Waals surface area contributed by atoms with E-state index in [2.05, 4.69) is 22.5 Å². The van der Waals surface area contributed by atoms with E-state index in [1.165, 1.54) is 0 Å². The van der Waals surface area contributed by atoms with Gasteiger partial charge in [0.2, 0.25) is 0 Å². The van der Waals surface area contributed by atoms with Gasteiger partial charge in [-0.2, -0.15) is 0 Å². The molecule has 0 aliphatic carbocycles. The molecule has 0 aromatic rings. The maximum atomic E-state index is 10.7. The van der Waals surface area contributed by atoms with Crippen molar-refractivity contribution in [1.82, 2.24) is 0 Å². The fourth-order valence-electron chi connectivity index (χ4n) is 1.30. The molecule has 0 rings (SSSR count). The van der Waals surface area contributed by atoms with E-state index in [0.29, 0.717) is 66.1 Å². The van der Waals surface area contributed by atoms with Crippen molar-refractivity contribution >= 4 is 21.9 Å². The molecule has 0 spiro atoms. The predicted octanol–water partition coefficient (Wildman–Crippen LogP) is 1.19. The average Bonchev–Trinajstić information content (AvgIpc) is 2.57. The molecule has 136 valence electrons. The van der Waals surface area contributed by atoms with Crippen LogP contribution in [0.2, 0.25) is 0 Å². The number of esters is 1. The van der Waals surface area contributed by atoms with Gasteiger partial charge in [-0.05, 0) is 0 Å². The van der Waals surface area contributed by atoms with Gasteiger partial charge in [-0.3, -0.25) is 0 Å². The van der Waals surface area contributed by atoms with Crippen LogP contribution in [-0.4, -0.2) is 84.0 Å². The van der Waals surface area contributed by atoms with Gasteiger partial charge in [0.25, 0.3) is 0 Å². The summed E-state index contributed by atoms with van der Waals surface area (Å²) in [5, 5.41) is 0.837. The number of hydrogen-bond donors (Lipinski definition) is 0. The van der Waals surface area contributed by atoms with Crippen LogP contribution in [0.1, 0.15) is 0 Å². The normalized spacial score (nSPS) is 10.7. The monoisotopic (exact) mass is 398 g/mol. The first-order chi connectivity index (χ1) is 11.3. The number of carbonyl (C=O) groups is 1. The summed E-state index contributed by atoms with van der Waals surface area (Å²) < 4.78 is 31.2. The lowest BCUT2D eigenvalue weighted by molar-refractivity contribution is -0.139. The zero-order chi connectivity index (χ0) is 17.0. The fraction of sp³-hybridized carbons (Fsp3) is 0.800. The van der Waals surface area contributed by atoms with E-state index in [9.17, 15) is 4.79 Å². The van der Waals surface area contributed by atoms with Crippen LogP contribution in [-0.2, 0) is 33.2 Å². The van der Waals surface area contributed by atoms with Crippen molar-refractivity contribution in [2.24, 2.45) is 0 Å². The van der Waals surface area contributed by atoms with Crippen molar-refractivity contribution in [3.8, 4) is 0 Å². The Labute approximate surface area is 146 Å². The molecule has 0 N–H and O–H groups in total. The van der Waals surface area contributed by atoms with Crippen LogP contribution in [0.5, 0.6) is 0 Å². The maximum absolute atomic E-state index is 10.7. The van der Waals surface area contributed by atoms with Gasteiger partial charge in [0.05, 0.1) is 66.1 Å². The Balaban J connectivity index is 3.00. The number of rotatable bonds is 18. The molecule has 0 unspecified atom stereocenters. The molecule has 0 atom stereocenters. The molecule has 0 aromatic carbocycles. The molecule has 8 heteroatoms. The molecule has 0 aromatic heterocycles. The van der Waals surface area contributed by atoms with E-state index in [4.69, 9.17) is 28.4 Å². The summed E-state index contributed by atoms with van der Waals surface area (Å²) in [7, 11) is 0. The zero-order valence-electron chi connectivity index (χ0n) is 13.5. The van der Waals surface area contributed by atoms with Crippen LogP contribution in [0.3, 0.4) is 0 Å².